The standard InChI is InChI=1S/C21H22FN3OS/c22-18-10-9-16(24-19(26)14-6-2-1-3-7-14)12-17(18)21-11-5-4-8-15(21)13-27-20(23)25-21/h1-3,6-7,9-10,12,15H,4-5,8,11,13H2,(H2,23,25)(H,24,26). The number of anilines is 1. The van der Waals surface area contributed by atoms with Crippen LogP contribution in [0.3, 0.4) is 0 Å². The maximum atomic E-state index is 14.9. The molecule has 0 saturated heterocycles. The van der Waals surface area contributed by atoms with Crippen molar-refractivity contribution < 1.29 is 9.18 Å². The van der Waals surface area contributed by atoms with Gasteiger partial charge in [0.15, 0.2) is 5.17 Å². The quantitative estimate of drug-likeness (QED) is 0.819. The van der Waals surface area contributed by atoms with E-state index >= 15 is 0 Å². The summed E-state index contributed by atoms with van der Waals surface area (Å²) >= 11 is 1.55. The third-order valence-electron chi connectivity index (χ3n) is 5.50. The average Bonchev–Trinajstić information content (AvgIpc) is 2.69. The molecule has 0 aromatic heterocycles. The molecule has 1 fully saturated rings. The highest BCUT2D eigenvalue weighted by molar-refractivity contribution is 8.13. The Bertz CT molecular complexity index is 886. The summed E-state index contributed by atoms with van der Waals surface area (Å²) in [7, 11) is 0. The molecule has 0 radical (unpaired) electrons. The summed E-state index contributed by atoms with van der Waals surface area (Å²) < 4.78 is 14.9. The zero-order valence-corrected chi connectivity index (χ0v) is 15.8. The molecule has 2 aliphatic rings. The largest absolute Gasteiger partial charge is 0.379 e. The minimum atomic E-state index is -0.620. The number of thioether (sulfide) groups is 1. The van der Waals surface area contributed by atoms with Crippen LogP contribution in [0.2, 0.25) is 0 Å². The van der Waals surface area contributed by atoms with Gasteiger partial charge in [-0.25, -0.2) is 4.39 Å². The van der Waals surface area contributed by atoms with Gasteiger partial charge in [-0.1, -0.05) is 42.8 Å². The Balaban J connectivity index is 1.70. The van der Waals surface area contributed by atoms with Gasteiger partial charge in [0.1, 0.15) is 5.82 Å². The summed E-state index contributed by atoms with van der Waals surface area (Å²) in [4.78, 5) is 17.2. The highest BCUT2D eigenvalue weighted by atomic mass is 32.2. The van der Waals surface area contributed by atoms with Crippen molar-refractivity contribution in [2.24, 2.45) is 16.6 Å². The molecule has 0 spiro atoms. The fourth-order valence-electron chi connectivity index (χ4n) is 4.15. The van der Waals surface area contributed by atoms with Crippen LogP contribution in [0, 0.1) is 11.7 Å². The first-order chi connectivity index (χ1) is 13.1. The number of benzene rings is 2. The lowest BCUT2D eigenvalue weighted by Gasteiger charge is -2.44. The summed E-state index contributed by atoms with van der Waals surface area (Å²) in [6, 6.07) is 13.7. The molecule has 2 aromatic rings. The number of hydrogen-bond donors (Lipinski definition) is 2. The number of hydrogen-bond acceptors (Lipinski definition) is 4. The Morgan fingerprint density at radius 1 is 1.22 bits per heavy atom. The van der Waals surface area contributed by atoms with Crippen LogP contribution in [0.25, 0.3) is 0 Å². The Kier molecular flexibility index (Phi) is 4.91. The van der Waals surface area contributed by atoms with E-state index < -0.39 is 5.54 Å². The van der Waals surface area contributed by atoms with Crippen LogP contribution in [0.15, 0.2) is 53.5 Å². The van der Waals surface area contributed by atoms with Gasteiger partial charge in [0.05, 0.1) is 5.54 Å². The third kappa shape index (κ3) is 3.46. The Labute approximate surface area is 162 Å². The van der Waals surface area contributed by atoms with Crippen molar-refractivity contribution in [3.05, 3.63) is 65.5 Å². The van der Waals surface area contributed by atoms with E-state index in [1.54, 1.807) is 36.0 Å². The van der Waals surface area contributed by atoms with Crippen LogP contribution < -0.4 is 11.1 Å². The van der Waals surface area contributed by atoms with Gasteiger partial charge in [-0.3, -0.25) is 9.79 Å². The third-order valence-corrected chi connectivity index (χ3v) is 6.46. The number of nitrogens with two attached hydrogens (primary N) is 1. The topological polar surface area (TPSA) is 67.5 Å². The second-order valence-electron chi connectivity index (χ2n) is 7.14. The number of halogens is 1. The maximum Gasteiger partial charge on any atom is 0.255 e. The van der Waals surface area contributed by atoms with E-state index in [4.69, 9.17) is 10.7 Å². The number of nitrogens with zero attached hydrogens (tertiary/aromatic N) is 1. The van der Waals surface area contributed by atoms with Crippen molar-refractivity contribution in [3.63, 3.8) is 0 Å². The predicted octanol–water partition coefficient (Wildman–Crippen LogP) is 4.53. The molecule has 4 rings (SSSR count). The fraction of sp³-hybridized carbons (Fsp3) is 0.333. The first kappa shape index (κ1) is 18.0. The van der Waals surface area contributed by atoms with Crippen molar-refractivity contribution in [2.75, 3.05) is 11.1 Å². The van der Waals surface area contributed by atoms with Crippen molar-refractivity contribution in [1.82, 2.24) is 0 Å². The number of fused-ring (bicyclic) bond motifs is 1. The molecule has 6 heteroatoms. The monoisotopic (exact) mass is 383 g/mol. The van der Waals surface area contributed by atoms with Crippen LogP contribution in [0.4, 0.5) is 10.1 Å². The Morgan fingerprint density at radius 3 is 2.85 bits per heavy atom. The normalized spacial score (nSPS) is 24.6. The fourth-order valence-corrected chi connectivity index (χ4v) is 5.20. The first-order valence-corrected chi connectivity index (χ1v) is 10.2. The van der Waals surface area contributed by atoms with Crippen molar-refractivity contribution in [2.45, 2.75) is 31.2 Å². The van der Waals surface area contributed by atoms with E-state index in [9.17, 15) is 9.18 Å². The van der Waals surface area contributed by atoms with E-state index in [0.29, 0.717) is 22.0 Å². The van der Waals surface area contributed by atoms with Crippen LogP contribution in [0.5, 0.6) is 0 Å². The molecular formula is C21H22FN3OS. The minimum Gasteiger partial charge on any atom is -0.379 e. The van der Waals surface area contributed by atoms with E-state index in [1.807, 2.05) is 18.2 Å². The summed E-state index contributed by atoms with van der Waals surface area (Å²) in [5.74, 6) is 0.615. The molecule has 4 nitrogen and oxygen atoms in total. The van der Waals surface area contributed by atoms with Crippen molar-refractivity contribution >= 4 is 28.5 Å². The molecule has 2 aromatic carbocycles. The van der Waals surface area contributed by atoms with Gasteiger partial charge in [0.25, 0.3) is 5.91 Å². The van der Waals surface area contributed by atoms with Crippen LogP contribution in [-0.2, 0) is 5.54 Å². The zero-order chi connectivity index (χ0) is 18.9. The molecule has 1 aliphatic heterocycles. The molecule has 1 aliphatic carbocycles. The lowest BCUT2D eigenvalue weighted by atomic mass is 9.69. The van der Waals surface area contributed by atoms with E-state index in [0.717, 1.165) is 31.4 Å². The number of amides is 1. The SMILES string of the molecule is NC1=NC2(c3cc(NC(=O)c4ccccc4)ccc3F)CCCCC2CS1. The summed E-state index contributed by atoms with van der Waals surface area (Å²) in [6.07, 6.45) is 3.93. The van der Waals surface area contributed by atoms with Crippen LogP contribution in [-0.4, -0.2) is 16.8 Å². The summed E-state index contributed by atoms with van der Waals surface area (Å²) in [5, 5.41) is 3.40. The summed E-state index contributed by atoms with van der Waals surface area (Å²) in [5.41, 5.74) is 7.09. The number of carbonyl (C=O) groups is 1. The van der Waals surface area contributed by atoms with Gasteiger partial charge < -0.3 is 11.1 Å². The van der Waals surface area contributed by atoms with E-state index in [1.165, 1.54) is 6.07 Å². The molecule has 3 N–H and O–H groups in total. The van der Waals surface area contributed by atoms with Crippen LogP contribution in [0.1, 0.15) is 41.6 Å². The molecule has 1 amide bonds. The zero-order valence-electron chi connectivity index (χ0n) is 15.0. The highest BCUT2D eigenvalue weighted by Gasteiger charge is 2.46. The second kappa shape index (κ2) is 7.35. The van der Waals surface area contributed by atoms with Gasteiger partial charge in [-0.05, 0) is 49.1 Å². The van der Waals surface area contributed by atoms with Gasteiger partial charge in [-0.15, -0.1) is 0 Å². The Morgan fingerprint density at radius 2 is 2.04 bits per heavy atom. The Hall–Kier alpha value is -2.34. The molecule has 140 valence electrons. The van der Waals surface area contributed by atoms with Crippen molar-refractivity contribution in [1.29, 1.82) is 0 Å². The number of amidine groups is 1. The van der Waals surface area contributed by atoms with Gasteiger partial charge in [-0.2, -0.15) is 0 Å². The molecule has 0 bridgehead atoms. The number of nitrogens with one attached hydrogen (secondary N) is 1. The lowest BCUT2D eigenvalue weighted by Crippen LogP contribution is -2.43. The number of aliphatic imine (C=N–C) groups is 1. The number of rotatable bonds is 3. The van der Waals surface area contributed by atoms with E-state index in [2.05, 4.69) is 5.32 Å². The smallest absolute Gasteiger partial charge is 0.255 e. The number of carbonyl (C=O) groups excluding carboxylic acids is 1. The van der Waals surface area contributed by atoms with E-state index in [-0.39, 0.29) is 17.6 Å². The highest BCUT2D eigenvalue weighted by Crippen LogP contribution is 2.50. The van der Waals surface area contributed by atoms with Crippen LogP contribution >= 0.6 is 11.8 Å². The molecule has 1 heterocycles. The van der Waals surface area contributed by atoms with Gasteiger partial charge in [0.2, 0.25) is 0 Å². The predicted molar refractivity (Wildman–Crippen MR) is 109 cm³/mol. The lowest BCUT2D eigenvalue weighted by molar-refractivity contribution is 0.102. The molecular weight excluding hydrogens is 361 g/mol. The minimum absolute atomic E-state index is 0.215. The molecule has 27 heavy (non-hydrogen) atoms. The maximum absolute atomic E-state index is 14.9. The van der Waals surface area contributed by atoms with Crippen molar-refractivity contribution in [3.8, 4) is 0 Å². The average molecular weight is 383 g/mol. The second-order valence-corrected chi connectivity index (χ2v) is 8.18. The van der Waals surface area contributed by atoms with Gasteiger partial charge in [0, 0.05) is 22.6 Å². The molecule has 1 saturated carbocycles. The summed E-state index contributed by atoms with van der Waals surface area (Å²) in [6.45, 7) is 0. The molecule has 2 unspecified atom stereocenters. The van der Waals surface area contributed by atoms with Gasteiger partial charge >= 0.3 is 0 Å². The molecule has 2 atom stereocenters. The first-order valence-electron chi connectivity index (χ1n) is 9.23.